The summed E-state index contributed by atoms with van der Waals surface area (Å²) in [6.45, 7) is 0. The van der Waals surface area contributed by atoms with Crippen LogP contribution in [-0.4, -0.2) is 15.3 Å². The van der Waals surface area contributed by atoms with Crippen molar-refractivity contribution in [3.8, 4) is 17.4 Å². The molecule has 2 aromatic heterocycles. The maximum atomic E-state index is 10.3. The Hall–Kier alpha value is -5.66. The molecule has 0 aliphatic heterocycles. The molecule has 0 atom stereocenters. The Morgan fingerprint density at radius 1 is 0.550 bits per heavy atom. The molecule has 2 heterocycles. The number of nitrogens with one attached hydrogen (secondary N) is 1. The summed E-state index contributed by atoms with van der Waals surface area (Å²) in [6.07, 6.45) is 1.40. The van der Waals surface area contributed by atoms with E-state index in [4.69, 9.17) is 5.41 Å². The first-order valence-electron chi connectivity index (χ1n) is 13.3. The fourth-order valence-electron chi connectivity index (χ4n) is 6.43. The second kappa shape index (κ2) is 8.42. The van der Waals surface area contributed by atoms with Crippen LogP contribution >= 0.6 is 0 Å². The predicted octanol–water partition coefficient (Wildman–Crippen LogP) is 8.90. The first kappa shape index (κ1) is 22.3. The Morgan fingerprint density at radius 2 is 1.12 bits per heavy atom. The van der Waals surface area contributed by atoms with Crippen LogP contribution in [0.25, 0.3) is 65.8 Å². The van der Waals surface area contributed by atoms with E-state index in [2.05, 4.69) is 100 Å². The van der Waals surface area contributed by atoms with Crippen LogP contribution in [0.4, 0.5) is 0 Å². The molecule has 0 amide bonds. The van der Waals surface area contributed by atoms with Crippen molar-refractivity contribution < 1.29 is 0 Å². The van der Waals surface area contributed by atoms with E-state index in [0.29, 0.717) is 11.1 Å². The summed E-state index contributed by atoms with van der Waals surface area (Å²) >= 11 is 0. The lowest BCUT2D eigenvalue weighted by Gasteiger charge is -2.18. The highest BCUT2D eigenvalue weighted by Crippen LogP contribution is 2.40. The maximum absolute atomic E-state index is 10.3. The SMILES string of the molecule is N#Cc1ccc(-n2c3ccccc3c3c4ccccc4ccc32)c(C=N)c1-n1c2ccccc2c2ccccc21. The minimum Gasteiger partial charge on any atom is -0.308 e. The fraction of sp³-hybridized carbons (Fsp3) is 0. The minimum atomic E-state index is 0.528. The molecule has 0 radical (unpaired) electrons. The van der Waals surface area contributed by atoms with Crippen molar-refractivity contribution in [2.75, 3.05) is 0 Å². The number of rotatable bonds is 3. The Bertz CT molecular complexity index is 2310. The van der Waals surface area contributed by atoms with Gasteiger partial charge in [0.25, 0.3) is 0 Å². The molecule has 0 aliphatic rings. The maximum Gasteiger partial charge on any atom is 0.101 e. The molecule has 0 fully saturated rings. The number of hydrogen-bond acceptors (Lipinski definition) is 2. The van der Waals surface area contributed by atoms with E-state index in [0.717, 1.165) is 49.6 Å². The molecule has 0 saturated heterocycles. The van der Waals surface area contributed by atoms with Gasteiger partial charge in [-0.3, -0.25) is 0 Å². The average molecular weight is 511 g/mol. The molecule has 0 bridgehead atoms. The number of aromatic nitrogens is 2. The highest BCUT2D eigenvalue weighted by Gasteiger charge is 2.22. The Morgan fingerprint density at radius 3 is 1.77 bits per heavy atom. The van der Waals surface area contributed by atoms with Crippen LogP contribution in [-0.2, 0) is 0 Å². The molecule has 0 aliphatic carbocycles. The number of benzene rings is 6. The lowest BCUT2D eigenvalue weighted by molar-refractivity contribution is 1.12. The summed E-state index contributed by atoms with van der Waals surface area (Å²) in [5.41, 5.74) is 6.96. The molecule has 8 aromatic rings. The van der Waals surface area contributed by atoms with Gasteiger partial charge in [0.15, 0.2) is 0 Å². The zero-order valence-corrected chi connectivity index (χ0v) is 21.5. The van der Waals surface area contributed by atoms with E-state index < -0.39 is 0 Å². The van der Waals surface area contributed by atoms with E-state index >= 15 is 0 Å². The van der Waals surface area contributed by atoms with Gasteiger partial charge < -0.3 is 14.5 Å². The fourth-order valence-corrected chi connectivity index (χ4v) is 6.43. The van der Waals surface area contributed by atoms with Crippen LogP contribution in [0, 0.1) is 16.7 Å². The first-order chi connectivity index (χ1) is 19.8. The molecular formula is C36H22N4. The quantitative estimate of drug-likeness (QED) is 0.237. The van der Waals surface area contributed by atoms with E-state index in [-0.39, 0.29) is 0 Å². The van der Waals surface area contributed by atoms with Gasteiger partial charge in [0.2, 0.25) is 0 Å². The van der Waals surface area contributed by atoms with E-state index in [1.54, 1.807) is 0 Å². The molecule has 40 heavy (non-hydrogen) atoms. The van der Waals surface area contributed by atoms with Crippen LogP contribution < -0.4 is 0 Å². The zero-order chi connectivity index (χ0) is 26.8. The van der Waals surface area contributed by atoms with Crippen LogP contribution in [0.1, 0.15) is 11.1 Å². The standard InChI is InChI=1S/C36H22N4/c37-21-24-18-19-33(29(22-38)36(24)40-30-14-6-3-11-26(30)27-12-4-7-15-31(27)40)39-32-16-8-5-13-28(32)35-25-10-2-1-9-23(25)17-20-34(35)39/h1-20,22,38H. The van der Waals surface area contributed by atoms with E-state index in [1.165, 1.54) is 22.4 Å². The molecule has 4 nitrogen and oxygen atoms in total. The first-order valence-corrected chi connectivity index (χ1v) is 13.3. The number of fused-ring (bicyclic) bond motifs is 8. The van der Waals surface area contributed by atoms with Crippen LogP contribution in [0.5, 0.6) is 0 Å². The third kappa shape index (κ3) is 2.92. The van der Waals surface area contributed by atoms with Crippen LogP contribution in [0.3, 0.4) is 0 Å². The van der Waals surface area contributed by atoms with Crippen molar-refractivity contribution in [1.29, 1.82) is 10.7 Å². The Balaban J connectivity index is 1.56. The van der Waals surface area contributed by atoms with Gasteiger partial charge >= 0.3 is 0 Å². The number of nitriles is 1. The third-order valence-electron chi connectivity index (χ3n) is 8.07. The topological polar surface area (TPSA) is 57.5 Å². The number of para-hydroxylation sites is 3. The molecular weight excluding hydrogens is 488 g/mol. The zero-order valence-electron chi connectivity index (χ0n) is 21.5. The number of hydrogen-bond donors (Lipinski definition) is 1. The molecule has 186 valence electrons. The number of nitrogens with zero attached hydrogens (tertiary/aromatic N) is 3. The highest BCUT2D eigenvalue weighted by molar-refractivity contribution is 6.21. The molecule has 6 aromatic carbocycles. The van der Waals surface area contributed by atoms with Gasteiger partial charge in [-0.1, -0.05) is 84.9 Å². The lowest BCUT2D eigenvalue weighted by Crippen LogP contribution is -2.08. The average Bonchev–Trinajstić information content (AvgIpc) is 3.53. The lowest BCUT2D eigenvalue weighted by atomic mass is 10.0. The van der Waals surface area contributed by atoms with Crippen molar-refractivity contribution >= 4 is 60.6 Å². The van der Waals surface area contributed by atoms with E-state index in [9.17, 15) is 5.26 Å². The second-order valence-corrected chi connectivity index (χ2v) is 10.1. The van der Waals surface area contributed by atoms with Crippen molar-refractivity contribution in [2.45, 2.75) is 0 Å². The molecule has 8 rings (SSSR count). The summed E-state index contributed by atoms with van der Waals surface area (Å²) < 4.78 is 4.40. The second-order valence-electron chi connectivity index (χ2n) is 10.1. The smallest absolute Gasteiger partial charge is 0.101 e. The van der Waals surface area contributed by atoms with Crippen molar-refractivity contribution in [2.24, 2.45) is 0 Å². The van der Waals surface area contributed by atoms with Crippen LogP contribution in [0.2, 0.25) is 0 Å². The van der Waals surface area contributed by atoms with Gasteiger partial charge in [0, 0.05) is 33.3 Å². The van der Waals surface area contributed by atoms with Gasteiger partial charge in [-0.25, -0.2) is 0 Å². The van der Waals surface area contributed by atoms with Crippen LogP contribution in [0.15, 0.2) is 121 Å². The summed E-state index contributed by atoms with van der Waals surface area (Å²) in [5.74, 6) is 0. The summed E-state index contributed by atoms with van der Waals surface area (Å²) in [5, 5.41) is 26.0. The normalized spacial score (nSPS) is 11.6. The van der Waals surface area contributed by atoms with Gasteiger partial charge in [0.1, 0.15) is 6.07 Å². The van der Waals surface area contributed by atoms with Crippen molar-refractivity contribution in [3.63, 3.8) is 0 Å². The van der Waals surface area contributed by atoms with Crippen molar-refractivity contribution in [3.05, 3.63) is 132 Å². The van der Waals surface area contributed by atoms with Gasteiger partial charge in [-0.2, -0.15) is 5.26 Å². The molecule has 4 heteroatoms. The summed E-state index contributed by atoms with van der Waals surface area (Å²) in [6, 6.07) is 44.1. The predicted molar refractivity (Wildman–Crippen MR) is 165 cm³/mol. The molecule has 0 saturated carbocycles. The minimum absolute atomic E-state index is 0.528. The Kier molecular flexibility index (Phi) is 4.70. The van der Waals surface area contributed by atoms with Gasteiger partial charge in [0.05, 0.1) is 39.0 Å². The van der Waals surface area contributed by atoms with Gasteiger partial charge in [-0.15, -0.1) is 0 Å². The van der Waals surface area contributed by atoms with Crippen molar-refractivity contribution in [1.82, 2.24) is 9.13 Å². The molecule has 0 unspecified atom stereocenters. The summed E-state index contributed by atoms with van der Waals surface area (Å²) in [7, 11) is 0. The molecule has 0 spiro atoms. The monoisotopic (exact) mass is 510 g/mol. The highest BCUT2D eigenvalue weighted by atomic mass is 15.0. The third-order valence-corrected chi connectivity index (χ3v) is 8.07. The largest absolute Gasteiger partial charge is 0.308 e. The molecule has 1 N–H and O–H groups in total. The van der Waals surface area contributed by atoms with E-state index in [1.807, 2.05) is 36.4 Å². The Labute approximate surface area is 230 Å². The summed E-state index contributed by atoms with van der Waals surface area (Å²) in [4.78, 5) is 0. The van der Waals surface area contributed by atoms with Gasteiger partial charge in [-0.05, 0) is 47.2 Å².